The minimum Gasteiger partial charge on any atom is -0.459 e. The summed E-state index contributed by atoms with van der Waals surface area (Å²) in [6.07, 6.45) is 0.398. The fourth-order valence-electron chi connectivity index (χ4n) is 2.93. The van der Waals surface area contributed by atoms with Crippen LogP contribution in [0.5, 0.6) is 0 Å². The molecule has 1 aromatic carbocycles. The maximum Gasteiger partial charge on any atom is 0.336 e. The molecule has 1 fully saturated rings. The number of aryl methyl sites for hydroxylation is 1. The zero-order valence-corrected chi connectivity index (χ0v) is 16.4. The first-order chi connectivity index (χ1) is 13.1. The number of carbonyl (C=O) groups is 3. The van der Waals surface area contributed by atoms with E-state index in [-0.39, 0.29) is 6.61 Å². The molecule has 1 aliphatic heterocycles. The largest absolute Gasteiger partial charge is 0.459 e. The third-order valence-corrected chi connectivity index (χ3v) is 5.24. The van der Waals surface area contributed by atoms with E-state index in [1.807, 2.05) is 0 Å². The Kier molecular flexibility index (Phi) is 5.16. The highest BCUT2D eigenvalue weighted by Crippen LogP contribution is 2.26. The number of nitrogens with one attached hydrogen (secondary N) is 1. The van der Waals surface area contributed by atoms with Crippen molar-refractivity contribution >= 4 is 40.5 Å². The molecule has 1 N–H and O–H groups in total. The van der Waals surface area contributed by atoms with Crippen molar-refractivity contribution in [3.63, 3.8) is 0 Å². The Balaban J connectivity index is 1.75. The molecule has 1 aliphatic rings. The van der Waals surface area contributed by atoms with Crippen LogP contribution in [0.1, 0.15) is 31.4 Å². The molecule has 3 amide bonds. The number of halogens is 1. The number of esters is 1. The standard InChI is InChI=1S/C19H19ClN2O6/c1-4-19(3)17(25)22(18(26)21-19)8-16(24)27-9-11-6-15(23)28-14-5-10(2)13(20)7-12(11)14/h5-7H,4,8-9H2,1-3H3,(H,21,26)/t19-/m1/s1. The molecule has 2 heterocycles. The van der Waals surface area contributed by atoms with Gasteiger partial charge in [-0.25, -0.2) is 9.59 Å². The summed E-state index contributed by atoms with van der Waals surface area (Å²) >= 11 is 6.13. The van der Waals surface area contributed by atoms with Crippen molar-refractivity contribution in [1.82, 2.24) is 10.2 Å². The monoisotopic (exact) mass is 406 g/mol. The van der Waals surface area contributed by atoms with Crippen LogP contribution in [0.3, 0.4) is 0 Å². The van der Waals surface area contributed by atoms with E-state index in [1.54, 1.807) is 32.9 Å². The highest BCUT2D eigenvalue weighted by Gasteiger charge is 2.47. The van der Waals surface area contributed by atoms with Crippen LogP contribution in [0.25, 0.3) is 11.0 Å². The molecule has 0 unspecified atom stereocenters. The van der Waals surface area contributed by atoms with Gasteiger partial charge in [-0.1, -0.05) is 18.5 Å². The molecule has 0 bridgehead atoms. The van der Waals surface area contributed by atoms with Crippen molar-refractivity contribution in [1.29, 1.82) is 0 Å². The van der Waals surface area contributed by atoms with Crippen LogP contribution in [0.2, 0.25) is 5.02 Å². The molecule has 2 aromatic rings. The number of fused-ring (bicyclic) bond motifs is 1. The second-order valence-corrected chi connectivity index (χ2v) is 7.26. The summed E-state index contributed by atoms with van der Waals surface area (Å²) in [5, 5.41) is 3.58. The molecule has 28 heavy (non-hydrogen) atoms. The Labute approximate surface area is 165 Å². The number of hydrogen-bond donors (Lipinski definition) is 1. The molecule has 0 radical (unpaired) electrons. The summed E-state index contributed by atoms with van der Waals surface area (Å²) in [5.41, 5.74) is -0.136. The Morgan fingerprint density at radius 1 is 1.29 bits per heavy atom. The van der Waals surface area contributed by atoms with Crippen molar-refractivity contribution in [2.45, 2.75) is 39.3 Å². The lowest BCUT2D eigenvalue weighted by atomic mass is 9.99. The molecule has 1 saturated heterocycles. The Morgan fingerprint density at radius 3 is 2.64 bits per heavy atom. The van der Waals surface area contributed by atoms with Crippen molar-refractivity contribution < 1.29 is 23.5 Å². The average molecular weight is 407 g/mol. The lowest BCUT2D eigenvalue weighted by molar-refractivity contribution is -0.148. The summed E-state index contributed by atoms with van der Waals surface area (Å²) in [5.74, 6) is -1.26. The van der Waals surface area contributed by atoms with Crippen LogP contribution in [-0.4, -0.2) is 34.9 Å². The molecule has 0 aliphatic carbocycles. The summed E-state index contributed by atoms with van der Waals surface area (Å²) in [6.45, 7) is 4.39. The summed E-state index contributed by atoms with van der Waals surface area (Å²) in [6, 6.07) is 3.83. The zero-order valence-electron chi connectivity index (χ0n) is 15.6. The first kappa shape index (κ1) is 19.9. The van der Waals surface area contributed by atoms with Gasteiger partial charge in [0.2, 0.25) is 0 Å². The van der Waals surface area contributed by atoms with Gasteiger partial charge in [-0.3, -0.25) is 14.5 Å². The van der Waals surface area contributed by atoms with Crippen LogP contribution >= 0.6 is 11.6 Å². The molecule has 9 heteroatoms. The average Bonchev–Trinajstić information content (AvgIpc) is 2.85. The van der Waals surface area contributed by atoms with Gasteiger partial charge >= 0.3 is 17.6 Å². The fraction of sp³-hybridized carbons (Fsp3) is 0.368. The second-order valence-electron chi connectivity index (χ2n) is 6.86. The number of rotatable bonds is 5. The Bertz CT molecular complexity index is 1050. The highest BCUT2D eigenvalue weighted by atomic mass is 35.5. The van der Waals surface area contributed by atoms with Gasteiger partial charge in [0.15, 0.2) is 0 Å². The summed E-state index contributed by atoms with van der Waals surface area (Å²) in [7, 11) is 0. The number of ether oxygens (including phenoxy) is 1. The normalized spacial score (nSPS) is 19.2. The molecule has 0 spiro atoms. The van der Waals surface area contributed by atoms with E-state index in [2.05, 4.69) is 5.32 Å². The molecule has 1 aromatic heterocycles. The maximum atomic E-state index is 12.3. The van der Waals surface area contributed by atoms with Gasteiger partial charge in [0, 0.05) is 22.0 Å². The third kappa shape index (κ3) is 3.60. The number of hydrogen-bond acceptors (Lipinski definition) is 6. The van der Waals surface area contributed by atoms with Gasteiger partial charge in [0.25, 0.3) is 5.91 Å². The quantitative estimate of drug-likeness (QED) is 0.464. The molecule has 0 saturated carbocycles. The van der Waals surface area contributed by atoms with Gasteiger partial charge in [0.05, 0.1) is 0 Å². The van der Waals surface area contributed by atoms with E-state index in [1.165, 1.54) is 6.07 Å². The number of benzene rings is 1. The van der Waals surface area contributed by atoms with Gasteiger partial charge in [0.1, 0.15) is 24.3 Å². The van der Waals surface area contributed by atoms with Gasteiger partial charge in [-0.2, -0.15) is 0 Å². The molecule has 1 atom stereocenters. The van der Waals surface area contributed by atoms with Gasteiger partial charge < -0.3 is 14.5 Å². The molecule has 148 valence electrons. The highest BCUT2D eigenvalue weighted by molar-refractivity contribution is 6.32. The first-order valence-corrected chi connectivity index (χ1v) is 9.05. The minimum atomic E-state index is -1.03. The van der Waals surface area contributed by atoms with E-state index in [0.717, 1.165) is 10.5 Å². The Morgan fingerprint density at radius 2 is 2.00 bits per heavy atom. The maximum absolute atomic E-state index is 12.3. The molecular weight excluding hydrogens is 388 g/mol. The van der Waals surface area contributed by atoms with Crippen LogP contribution in [0.15, 0.2) is 27.4 Å². The third-order valence-electron chi connectivity index (χ3n) is 4.84. The minimum absolute atomic E-state index is 0.227. The molecule has 3 rings (SSSR count). The van der Waals surface area contributed by atoms with Crippen molar-refractivity contribution in [2.75, 3.05) is 6.54 Å². The van der Waals surface area contributed by atoms with Crippen molar-refractivity contribution in [2.24, 2.45) is 0 Å². The van der Waals surface area contributed by atoms with E-state index in [0.29, 0.717) is 28.0 Å². The van der Waals surface area contributed by atoms with Crippen LogP contribution in [0, 0.1) is 6.92 Å². The van der Waals surface area contributed by atoms with Gasteiger partial charge in [-0.05, 0) is 38.0 Å². The number of nitrogens with zero attached hydrogens (tertiary/aromatic N) is 1. The number of amides is 3. The van der Waals surface area contributed by atoms with E-state index in [4.69, 9.17) is 20.8 Å². The number of urea groups is 1. The summed E-state index contributed by atoms with van der Waals surface area (Å²) in [4.78, 5) is 49.1. The Hall–Kier alpha value is -2.87. The zero-order chi connectivity index (χ0) is 20.6. The predicted octanol–water partition coefficient (Wildman–Crippen LogP) is 2.52. The predicted molar refractivity (Wildman–Crippen MR) is 101 cm³/mol. The first-order valence-electron chi connectivity index (χ1n) is 8.67. The molecular formula is C19H19ClN2O6. The number of carbonyl (C=O) groups excluding carboxylic acids is 3. The number of imide groups is 1. The smallest absolute Gasteiger partial charge is 0.336 e. The van der Waals surface area contributed by atoms with Crippen LogP contribution in [0.4, 0.5) is 4.79 Å². The lowest BCUT2D eigenvalue weighted by Gasteiger charge is -2.18. The lowest BCUT2D eigenvalue weighted by Crippen LogP contribution is -2.43. The van der Waals surface area contributed by atoms with E-state index < -0.39 is 35.6 Å². The van der Waals surface area contributed by atoms with Crippen molar-refractivity contribution in [3.8, 4) is 0 Å². The van der Waals surface area contributed by atoms with Crippen molar-refractivity contribution in [3.05, 3.63) is 44.8 Å². The fourth-order valence-corrected chi connectivity index (χ4v) is 3.09. The van der Waals surface area contributed by atoms with Gasteiger partial charge in [-0.15, -0.1) is 0 Å². The van der Waals surface area contributed by atoms with E-state index in [9.17, 15) is 19.2 Å². The topological polar surface area (TPSA) is 106 Å². The van der Waals surface area contributed by atoms with Crippen LogP contribution < -0.4 is 10.9 Å². The molecule has 8 nitrogen and oxygen atoms in total. The van der Waals surface area contributed by atoms with E-state index >= 15 is 0 Å². The summed E-state index contributed by atoms with van der Waals surface area (Å²) < 4.78 is 10.3. The second kappa shape index (κ2) is 7.27. The van der Waals surface area contributed by atoms with Crippen LogP contribution in [-0.2, 0) is 20.9 Å². The SMILES string of the molecule is CC[C@@]1(C)NC(=O)N(CC(=O)OCc2cc(=O)oc3cc(C)c(Cl)cc23)C1=O.